The first-order valence-corrected chi connectivity index (χ1v) is 9.74. The molecular weight excluding hydrogens is 344 g/mol. The minimum absolute atomic E-state index is 0.494. The molecule has 0 atom stereocenters. The molecule has 0 saturated carbocycles. The summed E-state index contributed by atoms with van der Waals surface area (Å²) in [4.78, 5) is 4.48. The first kappa shape index (κ1) is 16.9. The van der Waals surface area contributed by atoms with Crippen molar-refractivity contribution in [1.29, 1.82) is 0 Å². The van der Waals surface area contributed by atoms with E-state index in [1.54, 1.807) is 6.20 Å². The van der Waals surface area contributed by atoms with Crippen LogP contribution in [0.15, 0.2) is 65.3 Å². The Bertz CT molecular complexity index is 1360. The van der Waals surface area contributed by atoms with Gasteiger partial charge in [-0.3, -0.25) is 0 Å². The summed E-state index contributed by atoms with van der Waals surface area (Å²) in [5.74, 6) is 0.494. The van der Waals surface area contributed by atoms with E-state index in [0.29, 0.717) is 11.6 Å². The molecule has 0 N–H and O–H groups in total. The standard InChI is InChI=1S/C25H23N2O/c1-15(2)17-11-12-21(27(4)14-17)22-16(3)18-8-5-6-9-19(18)23-20-10-7-13-26-25(20)28-24(22)23/h5-15H,1-4H3/q+1. The normalized spacial score (nSPS) is 11.9. The fourth-order valence-corrected chi connectivity index (χ4v) is 4.25. The monoisotopic (exact) mass is 367 g/mol. The predicted octanol–water partition coefficient (Wildman–Crippen LogP) is 6.06. The Hall–Kier alpha value is -3.20. The zero-order valence-corrected chi connectivity index (χ0v) is 16.7. The lowest BCUT2D eigenvalue weighted by Gasteiger charge is -2.11. The van der Waals surface area contributed by atoms with Crippen molar-refractivity contribution in [1.82, 2.24) is 4.98 Å². The van der Waals surface area contributed by atoms with Gasteiger partial charge in [-0.25, -0.2) is 9.55 Å². The summed E-state index contributed by atoms with van der Waals surface area (Å²) in [6, 6.07) is 17.1. The number of fused-ring (bicyclic) bond motifs is 5. The van der Waals surface area contributed by atoms with Gasteiger partial charge in [0.2, 0.25) is 11.4 Å². The highest BCUT2D eigenvalue weighted by molar-refractivity contribution is 6.22. The number of hydrogen-bond donors (Lipinski definition) is 0. The van der Waals surface area contributed by atoms with Crippen LogP contribution in [0.5, 0.6) is 0 Å². The van der Waals surface area contributed by atoms with Gasteiger partial charge in [-0.05, 0) is 47.4 Å². The molecule has 138 valence electrons. The smallest absolute Gasteiger partial charge is 0.227 e. The number of benzene rings is 2. The molecule has 3 heterocycles. The first-order chi connectivity index (χ1) is 13.6. The molecule has 0 aliphatic carbocycles. The highest BCUT2D eigenvalue weighted by atomic mass is 16.3. The van der Waals surface area contributed by atoms with Crippen LogP contribution in [0.2, 0.25) is 0 Å². The van der Waals surface area contributed by atoms with E-state index in [4.69, 9.17) is 4.42 Å². The Labute approximate surface area is 164 Å². The van der Waals surface area contributed by atoms with Gasteiger partial charge in [0.05, 0.1) is 5.56 Å². The Kier molecular flexibility index (Phi) is 3.73. The van der Waals surface area contributed by atoms with Crippen LogP contribution in [0.3, 0.4) is 0 Å². The molecule has 0 unspecified atom stereocenters. The van der Waals surface area contributed by atoms with Crippen LogP contribution in [0, 0.1) is 6.92 Å². The van der Waals surface area contributed by atoms with E-state index < -0.39 is 0 Å². The molecular formula is C25H23N2O+. The maximum atomic E-state index is 6.34. The Morgan fingerprint density at radius 2 is 1.68 bits per heavy atom. The van der Waals surface area contributed by atoms with Crippen LogP contribution in [-0.2, 0) is 7.05 Å². The molecule has 0 aliphatic rings. The molecule has 3 heteroatoms. The molecule has 0 bridgehead atoms. The molecule has 0 amide bonds. The van der Waals surface area contributed by atoms with Gasteiger partial charge in [-0.15, -0.1) is 0 Å². The number of furan rings is 1. The number of hydrogen-bond acceptors (Lipinski definition) is 2. The van der Waals surface area contributed by atoms with Crippen molar-refractivity contribution < 1.29 is 8.98 Å². The van der Waals surface area contributed by atoms with Gasteiger partial charge >= 0.3 is 0 Å². The van der Waals surface area contributed by atoms with Crippen molar-refractivity contribution in [2.75, 3.05) is 0 Å². The molecule has 5 rings (SSSR count). The molecule has 0 saturated heterocycles. The lowest BCUT2D eigenvalue weighted by atomic mass is 9.93. The van der Waals surface area contributed by atoms with Crippen LogP contribution in [0.25, 0.3) is 44.1 Å². The van der Waals surface area contributed by atoms with Crippen molar-refractivity contribution in [3.8, 4) is 11.3 Å². The maximum Gasteiger partial charge on any atom is 0.227 e. The van der Waals surface area contributed by atoms with E-state index in [-0.39, 0.29) is 0 Å². The second kappa shape index (κ2) is 6.16. The molecule has 0 aliphatic heterocycles. The van der Waals surface area contributed by atoms with Crippen LogP contribution in [-0.4, -0.2) is 4.98 Å². The SMILES string of the molecule is Cc1c(-c2ccc(C(C)C)c[n+]2C)c2oc3ncccc3c2c2ccccc12. The molecule has 3 nitrogen and oxygen atoms in total. The second-order valence-electron chi connectivity index (χ2n) is 7.82. The summed E-state index contributed by atoms with van der Waals surface area (Å²) in [7, 11) is 2.11. The summed E-state index contributed by atoms with van der Waals surface area (Å²) in [6.07, 6.45) is 4.01. The average molecular weight is 367 g/mol. The van der Waals surface area contributed by atoms with Gasteiger partial charge in [-0.2, -0.15) is 0 Å². The van der Waals surface area contributed by atoms with Crippen LogP contribution in [0.4, 0.5) is 0 Å². The predicted molar refractivity (Wildman–Crippen MR) is 114 cm³/mol. The molecule has 0 fully saturated rings. The molecule has 0 radical (unpaired) electrons. The number of rotatable bonds is 2. The largest absolute Gasteiger partial charge is 0.437 e. The van der Waals surface area contributed by atoms with Gasteiger partial charge < -0.3 is 4.42 Å². The van der Waals surface area contributed by atoms with Gasteiger partial charge in [0.1, 0.15) is 7.05 Å². The minimum atomic E-state index is 0.494. The van der Waals surface area contributed by atoms with Gasteiger partial charge in [-0.1, -0.05) is 38.1 Å². The van der Waals surface area contributed by atoms with Crippen LogP contribution in [0.1, 0.15) is 30.9 Å². The highest BCUT2D eigenvalue weighted by Gasteiger charge is 2.24. The van der Waals surface area contributed by atoms with Crippen molar-refractivity contribution >= 4 is 32.8 Å². The van der Waals surface area contributed by atoms with Crippen LogP contribution < -0.4 is 4.57 Å². The van der Waals surface area contributed by atoms with Crippen molar-refractivity contribution in [2.24, 2.45) is 7.05 Å². The minimum Gasteiger partial charge on any atom is -0.437 e. The van der Waals surface area contributed by atoms with Gasteiger partial charge in [0, 0.05) is 28.6 Å². The molecule has 5 aromatic rings. The molecule has 3 aromatic heterocycles. The van der Waals surface area contributed by atoms with Crippen LogP contribution >= 0.6 is 0 Å². The lowest BCUT2D eigenvalue weighted by Crippen LogP contribution is -2.31. The van der Waals surface area contributed by atoms with Gasteiger partial charge in [0.15, 0.2) is 11.8 Å². The van der Waals surface area contributed by atoms with E-state index in [2.05, 4.69) is 86.0 Å². The average Bonchev–Trinajstić information content (AvgIpc) is 3.08. The first-order valence-electron chi connectivity index (χ1n) is 9.74. The third-order valence-electron chi connectivity index (χ3n) is 5.75. The molecule has 0 spiro atoms. The van der Waals surface area contributed by atoms with Crippen molar-refractivity contribution in [3.05, 3.63) is 72.1 Å². The number of aromatic nitrogens is 2. The quantitative estimate of drug-likeness (QED) is 0.355. The fourth-order valence-electron chi connectivity index (χ4n) is 4.25. The summed E-state index contributed by atoms with van der Waals surface area (Å²) in [5.41, 5.74) is 6.46. The summed E-state index contributed by atoms with van der Waals surface area (Å²) < 4.78 is 8.55. The Morgan fingerprint density at radius 3 is 2.43 bits per heavy atom. The van der Waals surface area contributed by atoms with E-state index in [9.17, 15) is 0 Å². The molecule has 28 heavy (non-hydrogen) atoms. The zero-order chi connectivity index (χ0) is 19.4. The number of aryl methyl sites for hydroxylation is 2. The third-order valence-corrected chi connectivity index (χ3v) is 5.75. The summed E-state index contributed by atoms with van der Waals surface area (Å²) in [6.45, 7) is 6.63. The summed E-state index contributed by atoms with van der Waals surface area (Å²) in [5, 5.41) is 4.68. The fraction of sp³-hybridized carbons (Fsp3) is 0.200. The van der Waals surface area contributed by atoms with E-state index in [1.165, 1.54) is 21.9 Å². The molecule has 2 aromatic carbocycles. The van der Waals surface area contributed by atoms with Crippen molar-refractivity contribution in [3.63, 3.8) is 0 Å². The summed E-state index contributed by atoms with van der Waals surface area (Å²) >= 11 is 0. The van der Waals surface area contributed by atoms with Crippen molar-refractivity contribution in [2.45, 2.75) is 26.7 Å². The number of nitrogens with zero attached hydrogens (tertiary/aromatic N) is 2. The number of pyridine rings is 2. The Morgan fingerprint density at radius 1 is 0.929 bits per heavy atom. The second-order valence-corrected chi connectivity index (χ2v) is 7.82. The maximum absolute atomic E-state index is 6.34. The zero-order valence-electron chi connectivity index (χ0n) is 16.7. The lowest BCUT2D eigenvalue weighted by molar-refractivity contribution is -0.660. The van der Waals surface area contributed by atoms with Gasteiger partial charge in [0.25, 0.3) is 0 Å². The van der Waals surface area contributed by atoms with E-state index >= 15 is 0 Å². The third kappa shape index (κ3) is 2.36. The highest BCUT2D eigenvalue weighted by Crippen LogP contribution is 2.42. The topological polar surface area (TPSA) is 29.9 Å². The Balaban J connectivity index is 1.97. The van der Waals surface area contributed by atoms with E-state index in [0.717, 1.165) is 27.6 Å². The van der Waals surface area contributed by atoms with E-state index in [1.807, 2.05) is 6.07 Å².